The van der Waals surface area contributed by atoms with Gasteiger partial charge in [0.2, 0.25) is 11.8 Å². The fourth-order valence-corrected chi connectivity index (χ4v) is 4.60. The van der Waals surface area contributed by atoms with Gasteiger partial charge in [0.1, 0.15) is 11.9 Å². The molecular formula is C22H32FN5O2. The van der Waals surface area contributed by atoms with E-state index in [-0.39, 0.29) is 17.6 Å². The van der Waals surface area contributed by atoms with Crippen LogP contribution < -0.4 is 16.0 Å². The largest absolute Gasteiger partial charge is 0.374 e. The molecular weight excluding hydrogens is 385 g/mol. The van der Waals surface area contributed by atoms with Crippen molar-refractivity contribution in [1.82, 2.24) is 20.4 Å². The molecule has 3 saturated heterocycles. The van der Waals surface area contributed by atoms with Crippen molar-refractivity contribution in [3.8, 4) is 0 Å². The van der Waals surface area contributed by atoms with E-state index in [0.29, 0.717) is 30.6 Å². The van der Waals surface area contributed by atoms with E-state index in [1.807, 2.05) is 6.07 Å². The number of amides is 2. The molecule has 30 heavy (non-hydrogen) atoms. The number of rotatable bonds is 6. The summed E-state index contributed by atoms with van der Waals surface area (Å²) >= 11 is 0. The third kappa shape index (κ3) is 5.56. The number of piperazine rings is 1. The van der Waals surface area contributed by atoms with Gasteiger partial charge in [-0.25, -0.2) is 4.39 Å². The zero-order valence-electron chi connectivity index (χ0n) is 17.5. The highest BCUT2D eigenvalue weighted by Gasteiger charge is 2.27. The zero-order chi connectivity index (χ0) is 20.9. The number of anilines is 1. The van der Waals surface area contributed by atoms with Crippen molar-refractivity contribution in [2.24, 2.45) is 5.92 Å². The Balaban J connectivity index is 1.25. The summed E-state index contributed by atoms with van der Waals surface area (Å²) in [4.78, 5) is 28.0. The highest BCUT2D eigenvalue weighted by atomic mass is 19.1. The van der Waals surface area contributed by atoms with E-state index in [9.17, 15) is 14.0 Å². The van der Waals surface area contributed by atoms with Gasteiger partial charge in [0, 0.05) is 56.9 Å². The number of halogens is 1. The molecule has 0 aliphatic carbocycles. The fourth-order valence-electron chi connectivity index (χ4n) is 4.60. The number of carbonyl (C=O) groups excluding carboxylic acids is 2. The monoisotopic (exact) mass is 417 g/mol. The molecule has 3 aliphatic rings. The van der Waals surface area contributed by atoms with Gasteiger partial charge < -0.3 is 15.5 Å². The SMILES string of the molecule is O=C1CCC(Nc2ccc(CN3CCN(CC4CCNCC4)CC3)c(F)c2)C(=O)N1. The number of carbonyl (C=O) groups is 2. The molecule has 1 aromatic rings. The average molecular weight is 418 g/mol. The summed E-state index contributed by atoms with van der Waals surface area (Å²) in [6, 6.07) is 4.56. The molecule has 0 saturated carbocycles. The van der Waals surface area contributed by atoms with Crippen molar-refractivity contribution in [3.05, 3.63) is 29.6 Å². The topological polar surface area (TPSA) is 76.7 Å². The fraction of sp³-hybridized carbons (Fsp3) is 0.636. The maximum absolute atomic E-state index is 14.7. The van der Waals surface area contributed by atoms with Crippen LogP contribution in [-0.4, -0.2) is 73.5 Å². The van der Waals surface area contributed by atoms with Crippen LogP contribution in [0.3, 0.4) is 0 Å². The summed E-state index contributed by atoms with van der Waals surface area (Å²) in [6.07, 6.45) is 3.26. The van der Waals surface area contributed by atoms with Crippen molar-refractivity contribution in [2.75, 3.05) is 51.1 Å². The Morgan fingerprint density at radius 1 is 1.03 bits per heavy atom. The highest BCUT2D eigenvalue weighted by molar-refractivity contribution is 6.01. The summed E-state index contributed by atoms with van der Waals surface area (Å²) in [6.45, 7) is 8.07. The Morgan fingerprint density at radius 3 is 2.47 bits per heavy atom. The predicted molar refractivity (Wildman–Crippen MR) is 114 cm³/mol. The number of hydrogen-bond acceptors (Lipinski definition) is 6. The second-order valence-corrected chi connectivity index (χ2v) is 8.72. The number of imide groups is 1. The second kappa shape index (κ2) is 9.85. The van der Waals surface area contributed by atoms with E-state index in [4.69, 9.17) is 0 Å². The lowest BCUT2D eigenvalue weighted by molar-refractivity contribution is -0.133. The predicted octanol–water partition coefficient (Wildman–Crippen LogP) is 1.16. The summed E-state index contributed by atoms with van der Waals surface area (Å²) in [5.74, 6) is -0.0578. The van der Waals surface area contributed by atoms with Crippen LogP contribution in [0.4, 0.5) is 10.1 Å². The third-order valence-corrected chi connectivity index (χ3v) is 6.47. The Hall–Kier alpha value is -2.03. The van der Waals surface area contributed by atoms with Gasteiger partial charge in [-0.1, -0.05) is 6.07 Å². The molecule has 3 aliphatic heterocycles. The van der Waals surface area contributed by atoms with E-state index in [2.05, 4.69) is 25.8 Å². The average Bonchev–Trinajstić information content (AvgIpc) is 2.74. The molecule has 3 N–H and O–H groups in total. The molecule has 3 heterocycles. The Labute approximate surface area is 177 Å². The van der Waals surface area contributed by atoms with E-state index < -0.39 is 6.04 Å². The first kappa shape index (κ1) is 21.2. The molecule has 1 aromatic carbocycles. The maximum Gasteiger partial charge on any atom is 0.249 e. The van der Waals surface area contributed by atoms with E-state index >= 15 is 0 Å². The zero-order valence-corrected chi connectivity index (χ0v) is 17.5. The molecule has 2 amide bonds. The third-order valence-electron chi connectivity index (χ3n) is 6.47. The quantitative estimate of drug-likeness (QED) is 0.603. The van der Waals surface area contributed by atoms with Crippen molar-refractivity contribution in [1.29, 1.82) is 0 Å². The van der Waals surface area contributed by atoms with Gasteiger partial charge in [-0.05, 0) is 50.4 Å². The normalized spacial score (nSPS) is 24.6. The molecule has 3 fully saturated rings. The number of piperidine rings is 2. The first-order valence-corrected chi connectivity index (χ1v) is 11.1. The number of hydrogen-bond donors (Lipinski definition) is 3. The van der Waals surface area contributed by atoms with Crippen molar-refractivity contribution in [2.45, 2.75) is 38.3 Å². The van der Waals surface area contributed by atoms with Gasteiger partial charge in [0.25, 0.3) is 0 Å². The van der Waals surface area contributed by atoms with Crippen molar-refractivity contribution in [3.63, 3.8) is 0 Å². The first-order chi connectivity index (χ1) is 14.6. The lowest BCUT2D eigenvalue weighted by atomic mass is 9.97. The number of benzene rings is 1. The standard InChI is InChI=1S/C22H32FN5O2/c23-19-13-18(25-20-3-4-21(29)26-22(20)30)2-1-17(19)15-28-11-9-27(10-12-28)14-16-5-7-24-8-6-16/h1-2,13,16,20,24-25H,3-12,14-15H2,(H,26,29,30). The molecule has 1 unspecified atom stereocenters. The summed E-state index contributed by atoms with van der Waals surface area (Å²) in [5, 5.41) is 8.77. The Bertz CT molecular complexity index is 760. The van der Waals surface area contributed by atoms with Crippen molar-refractivity contribution < 1.29 is 14.0 Å². The lowest BCUT2D eigenvalue weighted by Crippen LogP contribution is -2.48. The van der Waals surface area contributed by atoms with E-state index in [1.165, 1.54) is 25.5 Å². The van der Waals surface area contributed by atoms with Crippen LogP contribution in [0.25, 0.3) is 0 Å². The van der Waals surface area contributed by atoms with Crippen LogP contribution in [0.5, 0.6) is 0 Å². The van der Waals surface area contributed by atoms with Crippen LogP contribution in [0.1, 0.15) is 31.2 Å². The molecule has 8 heteroatoms. The van der Waals surface area contributed by atoms with Crippen molar-refractivity contribution >= 4 is 17.5 Å². The first-order valence-electron chi connectivity index (χ1n) is 11.1. The highest BCUT2D eigenvalue weighted by Crippen LogP contribution is 2.20. The van der Waals surface area contributed by atoms with Gasteiger partial charge in [0.05, 0.1) is 0 Å². The van der Waals surface area contributed by atoms with Crippen LogP contribution in [0.15, 0.2) is 18.2 Å². The van der Waals surface area contributed by atoms with Gasteiger partial charge in [0.15, 0.2) is 0 Å². The Kier molecular flexibility index (Phi) is 6.97. The second-order valence-electron chi connectivity index (χ2n) is 8.72. The minimum absolute atomic E-state index is 0.254. The molecule has 0 aromatic heterocycles. The van der Waals surface area contributed by atoms with Gasteiger partial charge in [-0.3, -0.25) is 19.8 Å². The maximum atomic E-state index is 14.7. The molecule has 0 bridgehead atoms. The van der Waals surface area contributed by atoms with E-state index in [0.717, 1.165) is 45.2 Å². The number of nitrogens with zero attached hydrogens (tertiary/aromatic N) is 2. The minimum atomic E-state index is -0.499. The lowest BCUT2D eigenvalue weighted by Gasteiger charge is -2.37. The molecule has 1 atom stereocenters. The Morgan fingerprint density at radius 2 is 1.77 bits per heavy atom. The summed E-state index contributed by atoms with van der Waals surface area (Å²) in [5.41, 5.74) is 1.24. The molecule has 164 valence electrons. The molecule has 0 radical (unpaired) electrons. The van der Waals surface area contributed by atoms with Crippen LogP contribution in [0, 0.1) is 11.7 Å². The number of nitrogens with one attached hydrogen (secondary N) is 3. The molecule has 7 nitrogen and oxygen atoms in total. The smallest absolute Gasteiger partial charge is 0.249 e. The minimum Gasteiger partial charge on any atom is -0.374 e. The van der Waals surface area contributed by atoms with Crippen LogP contribution >= 0.6 is 0 Å². The van der Waals surface area contributed by atoms with Gasteiger partial charge in [-0.15, -0.1) is 0 Å². The van der Waals surface area contributed by atoms with Crippen LogP contribution in [-0.2, 0) is 16.1 Å². The van der Waals surface area contributed by atoms with Gasteiger partial charge in [-0.2, -0.15) is 0 Å². The summed E-state index contributed by atoms with van der Waals surface area (Å²) < 4.78 is 14.7. The van der Waals surface area contributed by atoms with Gasteiger partial charge >= 0.3 is 0 Å². The molecule has 0 spiro atoms. The molecule has 4 rings (SSSR count). The van der Waals surface area contributed by atoms with E-state index in [1.54, 1.807) is 6.07 Å². The summed E-state index contributed by atoms with van der Waals surface area (Å²) in [7, 11) is 0. The van der Waals surface area contributed by atoms with Crippen LogP contribution in [0.2, 0.25) is 0 Å².